The Morgan fingerprint density at radius 1 is 1.83 bits per heavy atom. The average Bonchev–Trinajstić information content (AvgIpc) is 1.41. The fourth-order valence-corrected chi connectivity index (χ4v) is 0.0645. The van der Waals surface area contributed by atoms with E-state index < -0.39 is 0 Å². The summed E-state index contributed by atoms with van der Waals surface area (Å²) in [5.41, 5.74) is 1.90. The van der Waals surface area contributed by atoms with Gasteiger partial charge in [0.05, 0.1) is 0 Å². The summed E-state index contributed by atoms with van der Waals surface area (Å²) in [6.45, 7) is 3.79. The van der Waals surface area contributed by atoms with Gasteiger partial charge in [-0.2, -0.15) is 0 Å². The second-order valence-electron chi connectivity index (χ2n) is 0.651. The van der Waals surface area contributed by atoms with Gasteiger partial charge in [-0.15, -0.1) is 19.0 Å². The number of hydrogen-bond donors (Lipinski definition) is 2. The second kappa shape index (κ2) is 8.87. The molecule has 38 valence electrons. The van der Waals surface area contributed by atoms with Gasteiger partial charge in [0.1, 0.15) is 0 Å². The lowest BCUT2D eigenvalue weighted by Gasteiger charge is -1.78. The molecule has 0 amide bonds. The predicted molar refractivity (Wildman–Crippen MR) is 27.2 cm³/mol. The quantitative estimate of drug-likeness (QED) is 0.402. The fraction of sp³-hybridized carbons (Fsp3) is 0.333. The molecule has 2 nitrogen and oxygen atoms in total. The molecule has 0 fully saturated rings. The summed E-state index contributed by atoms with van der Waals surface area (Å²) in [5.74, 6) is 0. The van der Waals surface area contributed by atoms with Crippen LogP contribution < -0.4 is 5.48 Å². The van der Waals surface area contributed by atoms with Crippen LogP contribution in [0.25, 0.3) is 0 Å². The Morgan fingerprint density at radius 2 is 2.33 bits per heavy atom. The van der Waals surface area contributed by atoms with Gasteiger partial charge in [0.2, 0.25) is 0 Å². The number of hydrogen-bond acceptors (Lipinski definition) is 2. The van der Waals surface area contributed by atoms with Crippen molar-refractivity contribution in [3.63, 3.8) is 0 Å². The Kier molecular flexibility index (Phi) is 13.8. The number of rotatable bonds is 2. The Balaban J connectivity index is 0. The van der Waals surface area contributed by atoms with Crippen LogP contribution in [0.15, 0.2) is 12.7 Å². The van der Waals surface area contributed by atoms with Gasteiger partial charge in [-0.1, -0.05) is 6.08 Å². The largest absolute Gasteiger partial charge is 0.317 e. The lowest BCUT2D eigenvalue weighted by Crippen LogP contribution is -2.04. The van der Waals surface area contributed by atoms with Crippen LogP contribution in [0.1, 0.15) is 0 Å². The van der Waals surface area contributed by atoms with E-state index in [-0.39, 0.29) is 12.4 Å². The number of halogens is 1. The van der Waals surface area contributed by atoms with Crippen LogP contribution in [0, 0.1) is 0 Å². The van der Waals surface area contributed by atoms with Crippen LogP contribution in [0.2, 0.25) is 0 Å². The summed E-state index contributed by atoms with van der Waals surface area (Å²) in [6, 6.07) is 0. The minimum Gasteiger partial charge on any atom is -0.317 e. The van der Waals surface area contributed by atoms with Gasteiger partial charge >= 0.3 is 0 Å². The summed E-state index contributed by atoms with van der Waals surface area (Å²) in [4.78, 5) is 0. The Bertz CT molecular complexity index is 32.0. The monoisotopic (exact) mass is 109 g/mol. The van der Waals surface area contributed by atoms with Crippen molar-refractivity contribution >= 4 is 12.4 Å². The van der Waals surface area contributed by atoms with Crippen LogP contribution in [0.4, 0.5) is 0 Å². The average molecular weight is 110 g/mol. The first-order valence-corrected chi connectivity index (χ1v) is 1.39. The van der Waals surface area contributed by atoms with Crippen molar-refractivity contribution in [1.82, 2.24) is 5.48 Å². The van der Waals surface area contributed by atoms with Crippen molar-refractivity contribution in [3.05, 3.63) is 12.7 Å². The molecule has 2 N–H and O–H groups in total. The van der Waals surface area contributed by atoms with Crippen LogP contribution in [-0.4, -0.2) is 11.8 Å². The first kappa shape index (κ1) is 9.34. The van der Waals surface area contributed by atoms with Crippen LogP contribution in [0.3, 0.4) is 0 Å². The van der Waals surface area contributed by atoms with E-state index in [1.165, 1.54) is 0 Å². The zero-order valence-corrected chi connectivity index (χ0v) is 4.16. The normalized spacial score (nSPS) is 6.17. The standard InChI is InChI=1S/C3H7NO.ClH/c1-2-3-4-5;/h2,4-5H,1,3H2;1H. The molecule has 0 saturated carbocycles. The maximum atomic E-state index is 7.74. The molecule has 6 heavy (non-hydrogen) atoms. The minimum absolute atomic E-state index is 0. The van der Waals surface area contributed by atoms with Gasteiger partial charge in [-0.25, -0.2) is 5.48 Å². The van der Waals surface area contributed by atoms with Gasteiger partial charge < -0.3 is 5.21 Å². The highest BCUT2D eigenvalue weighted by Crippen LogP contribution is 1.48. The first-order valence-electron chi connectivity index (χ1n) is 1.39. The van der Waals surface area contributed by atoms with Crippen molar-refractivity contribution in [2.75, 3.05) is 6.54 Å². The Labute approximate surface area is 43.2 Å². The van der Waals surface area contributed by atoms with Crippen LogP contribution in [0.5, 0.6) is 0 Å². The molecule has 0 spiro atoms. The summed E-state index contributed by atoms with van der Waals surface area (Å²) in [6.07, 6.45) is 1.57. The van der Waals surface area contributed by atoms with E-state index in [1.807, 2.05) is 5.48 Å². The van der Waals surface area contributed by atoms with Gasteiger partial charge in [-0.3, -0.25) is 0 Å². The topological polar surface area (TPSA) is 32.3 Å². The van der Waals surface area contributed by atoms with Crippen molar-refractivity contribution in [2.45, 2.75) is 0 Å². The molecule has 0 bridgehead atoms. The zero-order chi connectivity index (χ0) is 4.12. The molecule has 0 aliphatic carbocycles. The molecule has 0 aromatic rings. The first-order chi connectivity index (χ1) is 2.41. The molecule has 0 heterocycles. The van der Waals surface area contributed by atoms with E-state index in [9.17, 15) is 0 Å². The van der Waals surface area contributed by atoms with E-state index in [0.717, 1.165) is 0 Å². The van der Waals surface area contributed by atoms with Gasteiger partial charge in [-0.05, 0) is 0 Å². The SMILES string of the molecule is C=CCNO.Cl. The fourth-order valence-electron chi connectivity index (χ4n) is 0.0645. The third-order valence-electron chi connectivity index (χ3n) is 0.236. The minimum atomic E-state index is 0. The summed E-state index contributed by atoms with van der Waals surface area (Å²) >= 11 is 0. The maximum absolute atomic E-state index is 7.74. The van der Waals surface area contributed by atoms with Crippen molar-refractivity contribution in [1.29, 1.82) is 0 Å². The van der Waals surface area contributed by atoms with E-state index in [4.69, 9.17) is 5.21 Å². The zero-order valence-electron chi connectivity index (χ0n) is 3.35. The Morgan fingerprint density at radius 3 is 2.33 bits per heavy atom. The van der Waals surface area contributed by atoms with E-state index in [1.54, 1.807) is 6.08 Å². The molecule has 0 radical (unpaired) electrons. The molecule has 0 aliphatic heterocycles. The highest BCUT2D eigenvalue weighted by atomic mass is 35.5. The van der Waals surface area contributed by atoms with Crippen molar-refractivity contribution in [2.24, 2.45) is 0 Å². The number of hydroxylamine groups is 1. The summed E-state index contributed by atoms with van der Waals surface area (Å²) < 4.78 is 0. The van der Waals surface area contributed by atoms with Crippen molar-refractivity contribution in [3.8, 4) is 0 Å². The molecule has 0 aromatic carbocycles. The lowest BCUT2D eigenvalue weighted by molar-refractivity contribution is 0.180. The van der Waals surface area contributed by atoms with Gasteiger partial charge in [0.25, 0.3) is 0 Å². The molecular weight excluding hydrogens is 101 g/mol. The van der Waals surface area contributed by atoms with E-state index in [2.05, 4.69) is 6.58 Å². The van der Waals surface area contributed by atoms with E-state index >= 15 is 0 Å². The molecule has 0 saturated heterocycles. The van der Waals surface area contributed by atoms with Crippen molar-refractivity contribution < 1.29 is 5.21 Å². The molecule has 0 atom stereocenters. The molecule has 3 heteroatoms. The molecule has 0 unspecified atom stereocenters. The summed E-state index contributed by atoms with van der Waals surface area (Å²) in [5, 5.41) is 7.74. The van der Waals surface area contributed by atoms with E-state index in [0.29, 0.717) is 6.54 Å². The van der Waals surface area contributed by atoms with Gasteiger partial charge in [0.15, 0.2) is 0 Å². The second-order valence-corrected chi connectivity index (χ2v) is 0.651. The molecular formula is C3H8ClNO. The smallest absolute Gasteiger partial charge is 0.0385 e. The molecule has 0 rings (SSSR count). The highest BCUT2D eigenvalue weighted by molar-refractivity contribution is 5.85. The van der Waals surface area contributed by atoms with Crippen LogP contribution >= 0.6 is 12.4 Å². The number of nitrogens with one attached hydrogen (secondary N) is 1. The van der Waals surface area contributed by atoms with Crippen LogP contribution in [-0.2, 0) is 0 Å². The van der Waals surface area contributed by atoms with Gasteiger partial charge in [0, 0.05) is 6.54 Å². The predicted octanol–water partition coefficient (Wildman–Crippen LogP) is 0.573. The summed E-state index contributed by atoms with van der Waals surface area (Å²) in [7, 11) is 0. The highest BCUT2D eigenvalue weighted by Gasteiger charge is 1.58. The maximum Gasteiger partial charge on any atom is 0.0385 e. The third kappa shape index (κ3) is 9.04. The Hall–Kier alpha value is -0.0500. The third-order valence-corrected chi connectivity index (χ3v) is 0.236. The molecule has 0 aliphatic rings. The molecule has 0 aromatic heterocycles. The lowest BCUT2D eigenvalue weighted by atomic mass is 10.7.